The second-order valence-electron chi connectivity index (χ2n) is 10.9. The van der Waals surface area contributed by atoms with Crippen molar-refractivity contribution in [3.05, 3.63) is 91.0 Å². The predicted molar refractivity (Wildman–Crippen MR) is 153 cm³/mol. The van der Waals surface area contributed by atoms with Crippen LogP contribution in [0, 0.1) is 0 Å². The van der Waals surface area contributed by atoms with Gasteiger partial charge in [0, 0.05) is 21.7 Å². The van der Waals surface area contributed by atoms with Gasteiger partial charge in [0.05, 0.1) is 33.3 Å². The lowest BCUT2D eigenvalue weighted by atomic mass is 9.83. The molecule has 37 heavy (non-hydrogen) atoms. The lowest BCUT2D eigenvalue weighted by molar-refractivity contribution is 0.00578. The van der Waals surface area contributed by atoms with Crippen molar-refractivity contribution in [3.63, 3.8) is 0 Å². The molecule has 180 valence electrons. The van der Waals surface area contributed by atoms with E-state index in [1.54, 1.807) is 0 Å². The Balaban J connectivity index is 1.50. The maximum Gasteiger partial charge on any atom is 0.514 e. The Kier molecular flexibility index (Phi) is 4.75. The van der Waals surface area contributed by atoms with E-state index >= 15 is 0 Å². The third-order valence-corrected chi connectivity index (χ3v) is 8.06. The molecule has 4 aromatic carbocycles. The highest BCUT2D eigenvalue weighted by atomic mass is 16.7. The van der Waals surface area contributed by atoms with Crippen molar-refractivity contribution < 1.29 is 9.31 Å². The highest BCUT2D eigenvalue weighted by molar-refractivity contribution is 6.61. The van der Waals surface area contributed by atoms with Crippen molar-refractivity contribution >= 4 is 56.2 Å². The van der Waals surface area contributed by atoms with Crippen LogP contribution in [-0.4, -0.2) is 28.3 Å². The van der Waals surface area contributed by atoms with E-state index in [9.17, 15) is 0 Å². The van der Waals surface area contributed by atoms with Crippen molar-refractivity contribution in [1.29, 1.82) is 0 Å². The van der Waals surface area contributed by atoms with E-state index in [1.807, 2.05) is 12.1 Å². The van der Waals surface area contributed by atoms with E-state index in [2.05, 4.69) is 107 Å². The zero-order chi connectivity index (χ0) is 25.4. The standard InChI is InChI=1S/C32H27BN2O2/c1-31(2)32(3,4)37-33(36-31)27-18-16-21-15-17-25-28(23-14-13-20-9-5-6-10-22(20)19-23)24-11-7-8-12-26(24)34-30(25)29(21)35-27/h5-19H,1-4H3. The molecule has 0 amide bonds. The fourth-order valence-electron chi connectivity index (χ4n) is 5.30. The third kappa shape index (κ3) is 3.46. The SMILES string of the molecule is CC1(C)OB(c2ccc3ccc4c(-c5ccc6ccccc6c5)c5ccccc5nc4c3n2)OC1(C)C. The molecule has 1 saturated heterocycles. The maximum absolute atomic E-state index is 6.31. The number of rotatable bonds is 2. The zero-order valence-electron chi connectivity index (χ0n) is 21.4. The quantitative estimate of drug-likeness (QED) is 0.151. The number of benzene rings is 4. The minimum absolute atomic E-state index is 0.426. The van der Waals surface area contributed by atoms with Crippen LogP contribution in [0.5, 0.6) is 0 Å². The molecule has 1 fully saturated rings. The average molecular weight is 482 g/mol. The highest BCUT2D eigenvalue weighted by Crippen LogP contribution is 2.39. The van der Waals surface area contributed by atoms with Gasteiger partial charge in [0.25, 0.3) is 0 Å². The molecule has 0 saturated carbocycles. The Morgan fingerprint density at radius 3 is 2.08 bits per heavy atom. The van der Waals surface area contributed by atoms with E-state index in [-0.39, 0.29) is 0 Å². The van der Waals surface area contributed by atoms with Gasteiger partial charge in [-0.1, -0.05) is 72.8 Å². The number of para-hydroxylation sites is 1. The molecule has 0 aliphatic carbocycles. The Hall–Kier alpha value is -3.80. The van der Waals surface area contributed by atoms with Crippen LogP contribution in [0.1, 0.15) is 27.7 Å². The molecule has 1 aliphatic rings. The van der Waals surface area contributed by atoms with E-state index in [0.717, 1.165) is 38.3 Å². The first-order valence-corrected chi connectivity index (χ1v) is 12.8. The second kappa shape index (κ2) is 7.85. The molecule has 5 heteroatoms. The van der Waals surface area contributed by atoms with Crippen LogP contribution in [0.25, 0.3) is 54.6 Å². The van der Waals surface area contributed by atoms with Gasteiger partial charge >= 0.3 is 7.12 Å². The Morgan fingerprint density at radius 2 is 1.27 bits per heavy atom. The summed E-state index contributed by atoms with van der Waals surface area (Å²) in [4.78, 5) is 10.2. The monoisotopic (exact) mass is 482 g/mol. The molecular weight excluding hydrogens is 455 g/mol. The summed E-state index contributed by atoms with van der Waals surface area (Å²) in [5.41, 5.74) is 4.96. The van der Waals surface area contributed by atoms with Gasteiger partial charge in [0.1, 0.15) is 0 Å². The Morgan fingerprint density at radius 1 is 0.595 bits per heavy atom. The maximum atomic E-state index is 6.31. The summed E-state index contributed by atoms with van der Waals surface area (Å²) in [6, 6.07) is 31.9. The van der Waals surface area contributed by atoms with Crippen molar-refractivity contribution in [1.82, 2.24) is 9.97 Å². The number of aromatic nitrogens is 2. The zero-order valence-corrected chi connectivity index (χ0v) is 21.4. The number of fused-ring (bicyclic) bond motifs is 5. The molecule has 0 spiro atoms. The molecule has 2 aromatic heterocycles. The molecular formula is C32H27BN2O2. The van der Waals surface area contributed by atoms with Crippen LogP contribution >= 0.6 is 0 Å². The Labute approximate surface area is 216 Å². The fraction of sp³-hybridized carbons (Fsp3) is 0.188. The number of nitrogens with zero attached hydrogens (tertiary/aromatic N) is 2. The van der Waals surface area contributed by atoms with Gasteiger partial charge < -0.3 is 9.31 Å². The number of pyridine rings is 2. The molecule has 0 bridgehead atoms. The van der Waals surface area contributed by atoms with Gasteiger partial charge in [0.2, 0.25) is 0 Å². The van der Waals surface area contributed by atoms with Crippen molar-refractivity contribution in [2.45, 2.75) is 38.9 Å². The van der Waals surface area contributed by atoms with Crippen LogP contribution in [0.4, 0.5) is 0 Å². The molecule has 3 heterocycles. The molecule has 0 N–H and O–H groups in total. The summed E-state index contributed by atoms with van der Waals surface area (Å²) in [5, 5.41) is 5.70. The molecule has 0 radical (unpaired) electrons. The first-order valence-electron chi connectivity index (χ1n) is 12.8. The van der Waals surface area contributed by atoms with E-state index < -0.39 is 18.3 Å². The largest absolute Gasteiger partial charge is 0.514 e. The normalized spacial score (nSPS) is 16.8. The molecule has 0 unspecified atom stereocenters. The van der Waals surface area contributed by atoms with Gasteiger partial charge in [-0.3, -0.25) is 4.98 Å². The second-order valence-corrected chi connectivity index (χ2v) is 10.9. The van der Waals surface area contributed by atoms with Crippen molar-refractivity contribution in [2.75, 3.05) is 0 Å². The first-order chi connectivity index (χ1) is 17.8. The smallest absolute Gasteiger partial charge is 0.398 e. The highest BCUT2D eigenvalue weighted by Gasteiger charge is 2.52. The summed E-state index contributed by atoms with van der Waals surface area (Å²) in [6.07, 6.45) is 0. The van der Waals surface area contributed by atoms with Crippen LogP contribution < -0.4 is 5.59 Å². The van der Waals surface area contributed by atoms with Gasteiger partial charge in [-0.05, 0) is 62.2 Å². The topological polar surface area (TPSA) is 44.2 Å². The van der Waals surface area contributed by atoms with E-state index in [4.69, 9.17) is 19.3 Å². The first kappa shape index (κ1) is 22.4. The summed E-state index contributed by atoms with van der Waals surface area (Å²) < 4.78 is 12.6. The lowest BCUT2D eigenvalue weighted by Gasteiger charge is -2.32. The summed E-state index contributed by atoms with van der Waals surface area (Å²) >= 11 is 0. The molecule has 1 aliphatic heterocycles. The van der Waals surface area contributed by atoms with E-state index in [0.29, 0.717) is 0 Å². The minimum atomic E-state index is -0.523. The number of hydrogen-bond donors (Lipinski definition) is 0. The van der Waals surface area contributed by atoms with Crippen molar-refractivity contribution in [3.8, 4) is 11.1 Å². The third-order valence-electron chi connectivity index (χ3n) is 8.06. The lowest BCUT2D eigenvalue weighted by Crippen LogP contribution is -2.41. The van der Waals surface area contributed by atoms with Gasteiger partial charge in [-0.25, -0.2) is 4.98 Å². The molecule has 0 atom stereocenters. The Bertz CT molecular complexity index is 1850. The van der Waals surface area contributed by atoms with Crippen LogP contribution in [0.15, 0.2) is 91.0 Å². The van der Waals surface area contributed by atoms with Crippen LogP contribution in [0.3, 0.4) is 0 Å². The number of hydrogen-bond acceptors (Lipinski definition) is 4. The van der Waals surface area contributed by atoms with Gasteiger partial charge in [0.15, 0.2) is 0 Å². The van der Waals surface area contributed by atoms with E-state index in [1.165, 1.54) is 21.9 Å². The average Bonchev–Trinajstić information content (AvgIpc) is 3.13. The van der Waals surface area contributed by atoms with Gasteiger partial charge in [-0.2, -0.15) is 0 Å². The summed E-state index contributed by atoms with van der Waals surface area (Å²) in [5.74, 6) is 0. The summed E-state index contributed by atoms with van der Waals surface area (Å²) in [7, 11) is -0.523. The van der Waals surface area contributed by atoms with Crippen LogP contribution in [0.2, 0.25) is 0 Å². The predicted octanol–water partition coefficient (Wildman–Crippen LogP) is 7.06. The minimum Gasteiger partial charge on any atom is -0.398 e. The fourth-order valence-corrected chi connectivity index (χ4v) is 5.30. The van der Waals surface area contributed by atoms with Crippen LogP contribution in [-0.2, 0) is 9.31 Å². The molecule has 6 aromatic rings. The molecule has 7 rings (SSSR count). The van der Waals surface area contributed by atoms with Crippen molar-refractivity contribution in [2.24, 2.45) is 0 Å². The van der Waals surface area contributed by atoms with Gasteiger partial charge in [-0.15, -0.1) is 0 Å². The molecule has 4 nitrogen and oxygen atoms in total. The summed E-state index contributed by atoms with van der Waals surface area (Å²) in [6.45, 7) is 8.25.